The van der Waals surface area contributed by atoms with Gasteiger partial charge in [-0.25, -0.2) is 8.42 Å². The first-order chi connectivity index (χ1) is 14.3. The third-order valence-electron chi connectivity index (χ3n) is 4.66. The number of rotatable bonds is 5. The van der Waals surface area contributed by atoms with Gasteiger partial charge in [0.05, 0.1) is 6.26 Å². The lowest BCUT2D eigenvalue weighted by atomic mass is 10.2. The van der Waals surface area contributed by atoms with Gasteiger partial charge in [-0.2, -0.15) is 4.31 Å². The third-order valence-corrected chi connectivity index (χ3v) is 6.17. The lowest BCUT2D eigenvalue weighted by Crippen LogP contribution is -2.48. The number of thiocarbonyl (C=S) groups is 1. The number of sulfonamides is 1. The Morgan fingerprint density at radius 1 is 1.00 bits per heavy atom. The normalized spacial score (nSPS) is 15.2. The Bertz CT molecular complexity index is 1010. The quantitative estimate of drug-likeness (QED) is 0.544. The highest BCUT2D eigenvalue weighted by Gasteiger charge is 2.23. The first kappa shape index (κ1) is 21.9. The maximum absolute atomic E-state index is 12.0. The van der Waals surface area contributed by atoms with E-state index in [1.165, 1.54) is 16.6 Å². The second-order valence-electron chi connectivity index (χ2n) is 6.88. The van der Waals surface area contributed by atoms with Crippen LogP contribution in [0.5, 0.6) is 0 Å². The number of nitrogens with one attached hydrogen (secondary N) is 2. The van der Waals surface area contributed by atoms with Crippen LogP contribution in [0.2, 0.25) is 0 Å². The van der Waals surface area contributed by atoms with Gasteiger partial charge in [-0.05, 0) is 48.1 Å². The van der Waals surface area contributed by atoms with E-state index >= 15 is 0 Å². The van der Waals surface area contributed by atoms with E-state index in [9.17, 15) is 13.2 Å². The second kappa shape index (κ2) is 9.84. The van der Waals surface area contributed by atoms with Crippen LogP contribution in [0.15, 0.2) is 60.7 Å². The largest absolute Gasteiger partial charge is 0.369 e. The highest BCUT2D eigenvalue weighted by Crippen LogP contribution is 2.20. The molecule has 1 aliphatic heterocycles. The maximum atomic E-state index is 12.0. The smallest absolute Gasteiger partial charge is 0.250 e. The van der Waals surface area contributed by atoms with Crippen molar-refractivity contribution in [2.45, 2.75) is 0 Å². The Morgan fingerprint density at radius 3 is 2.23 bits per heavy atom. The van der Waals surface area contributed by atoms with Gasteiger partial charge in [0, 0.05) is 43.6 Å². The second-order valence-corrected chi connectivity index (χ2v) is 9.27. The van der Waals surface area contributed by atoms with Crippen LogP contribution in [-0.2, 0) is 14.8 Å². The highest BCUT2D eigenvalue weighted by molar-refractivity contribution is 7.88. The zero-order valence-corrected chi connectivity index (χ0v) is 18.2. The summed E-state index contributed by atoms with van der Waals surface area (Å²) in [6.45, 7) is 2.24. The van der Waals surface area contributed by atoms with Crippen LogP contribution in [-0.4, -0.2) is 56.2 Å². The van der Waals surface area contributed by atoms with Gasteiger partial charge in [-0.15, -0.1) is 0 Å². The van der Waals surface area contributed by atoms with Gasteiger partial charge >= 0.3 is 0 Å². The molecule has 0 aromatic heterocycles. The van der Waals surface area contributed by atoms with E-state index in [0.29, 0.717) is 26.2 Å². The van der Waals surface area contributed by atoms with Gasteiger partial charge in [-0.1, -0.05) is 30.3 Å². The molecule has 1 fully saturated rings. The molecule has 2 aromatic rings. The van der Waals surface area contributed by atoms with Crippen molar-refractivity contribution in [3.8, 4) is 0 Å². The lowest BCUT2D eigenvalue weighted by Gasteiger charge is -2.34. The predicted molar refractivity (Wildman–Crippen MR) is 125 cm³/mol. The number of nitrogens with zero attached hydrogens (tertiary/aromatic N) is 2. The van der Waals surface area contributed by atoms with Crippen molar-refractivity contribution < 1.29 is 13.2 Å². The number of carbonyl (C=O) groups excluding carboxylic acids is 1. The van der Waals surface area contributed by atoms with Crippen LogP contribution in [0.1, 0.15) is 5.56 Å². The van der Waals surface area contributed by atoms with Crippen molar-refractivity contribution in [1.29, 1.82) is 0 Å². The van der Waals surface area contributed by atoms with E-state index in [4.69, 9.17) is 12.2 Å². The molecule has 2 N–H and O–H groups in total. The number of anilines is 2. The van der Waals surface area contributed by atoms with Gasteiger partial charge in [0.1, 0.15) is 0 Å². The Hall–Kier alpha value is -2.75. The first-order valence-corrected chi connectivity index (χ1v) is 11.7. The van der Waals surface area contributed by atoms with Crippen molar-refractivity contribution in [2.24, 2.45) is 0 Å². The summed E-state index contributed by atoms with van der Waals surface area (Å²) in [4.78, 5) is 14.1. The van der Waals surface area contributed by atoms with Crippen LogP contribution in [0.3, 0.4) is 0 Å². The van der Waals surface area contributed by atoms with Crippen LogP contribution in [0, 0.1) is 0 Å². The zero-order chi connectivity index (χ0) is 21.6. The molecule has 0 radical (unpaired) electrons. The molecule has 0 aliphatic carbocycles. The minimum absolute atomic E-state index is 0.215. The van der Waals surface area contributed by atoms with Crippen molar-refractivity contribution in [2.75, 3.05) is 42.7 Å². The van der Waals surface area contributed by atoms with Crippen molar-refractivity contribution in [3.63, 3.8) is 0 Å². The van der Waals surface area contributed by atoms with E-state index < -0.39 is 10.0 Å². The summed E-state index contributed by atoms with van der Waals surface area (Å²) in [6, 6.07) is 17.2. The van der Waals surface area contributed by atoms with E-state index in [-0.39, 0.29) is 11.0 Å². The molecule has 1 aliphatic rings. The van der Waals surface area contributed by atoms with E-state index in [2.05, 4.69) is 15.5 Å². The maximum Gasteiger partial charge on any atom is 0.250 e. The number of hydrogen-bond acceptors (Lipinski definition) is 5. The summed E-state index contributed by atoms with van der Waals surface area (Å²) in [5.41, 5.74) is 2.69. The molecule has 158 valence electrons. The monoisotopic (exact) mass is 444 g/mol. The van der Waals surface area contributed by atoms with Crippen LogP contribution in [0.4, 0.5) is 11.4 Å². The molecule has 0 saturated carbocycles. The molecule has 0 spiro atoms. The molecule has 0 unspecified atom stereocenters. The molecule has 3 rings (SSSR count). The Kier molecular flexibility index (Phi) is 7.20. The molecule has 7 nitrogen and oxygen atoms in total. The third kappa shape index (κ3) is 6.38. The minimum atomic E-state index is -3.14. The molecule has 9 heteroatoms. The van der Waals surface area contributed by atoms with Gasteiger partial charge in [-0.3, -0.25) is 10.1 Å². The molecule has 30 heavy (non-hydrogen) atoms. The summed E-state index contributed by atoms with van der Waals surface area (Å²) in [7, 11) is -3.14. The summed E-state index contributed by atoms with van der Waals surface area (Å²) < 4.78 is 24.7. The van der Waals surface area contributed by atoms with E-state index in [1.54, 1.807) is 6.08 Å². The van der Waals surface area contributed by atoms with Gasteiger partial charge < -0.3 is 10.2 Å². The molecule has 1 amide bonds. The molecular formula is C21H24N4O3S2. The molecule has 2 aromatic carbocycles. The minimum Gasteiger partial charge on any atom is -0.369 e. The van der Waals surface area contributed by atoms with Crippen molar-refractivity contribution >= 4 is 50.7 Å². The fourth-order valence-electron chi connectivity index (χ4n) is 3.09. The van der Waals surface area contributed by atoms with Gasteiger partial charge in [0.15, 0.2) is 5.11 Å². The van der Waals surface area contributed by atoms with Crippen LogP contribution in [0.25, 0.3) is 6.08 Å². The summed E-state index contributed by atoms with van der Waals surface area (Å²) >= 11 is 5.20. The van der Waals surface area contributed by atoms with Crippen LogP contribution < -0.4 is 15.5 Å². The standard InChI is InChI=1S/C21H24N4O3S2/c1-30(27,28)25-15-13-24(14-16-25)19-10-8-18(9-11-19)22-21(29)23-20(26)12-7-17-5-3-2-4-6-17/h2-12H,13-16H2,1H3,(H2,22,23,26,29)/b12-7+. The Labute approximate surface area is 182 Å². The summed E-state index contributed by atoms with van der Waals surface area (Å²) in [6.07, 6.45) is 4.39. The molecule has 1 heterocycles. The van der Waals surface area contributed by atoms with Crippen LogP contribution >= 0.6 is 12.2 Å². The first-order valence-electron chi connectivity index (χ1n) is 9.46. The van der Waals surface area contributed by atoms with Crippen molar-refractivity contribution in [1.82, 2.24) is 9.62 Å². The van der Waals surface area contributed by atoms with E-state index in [0.717, 1.165) is 16.9 Å². The van der Waals surface area contributed by atoms with Gasteiger partial charge in [0.2, 0.25) is 15.9 Å². The fraction of sp³-hybridized carbons (Fsp3) is 0.238. The lowest BCUT2D eigenvalue weighted by molar-refractivity contribution is -0.115. The number of hydrogen-bond donors (Lipinski definition) is 2. The summed E-state index contributed by atoms with van der Waals surface area (Å²) in [5.74, 6) is -0.309. The SMILES string of the molecule is CS(=O)(=O)N1CCN(c2ccc(NC(=S)NC(=O)/C=C/c3ccccc3)cc2)CC1. The average molecular weight is 445 g/mol. The molecule has 0 atom stereocenters. The topological polar surface area (TPSA) is 81.8 Å². The fourth-order valence-corrected chi connectivity index (χ4v) is 4.13. The number of piperazine rings is 1. The predicted octanol–water partition coefficient (Wildman–Crippen LogP) is 2.29. The molecule has 0 bridgehead atoms. The Morgan fingerprint density at radius 2 is 1.63 bits per heavy atom. The number of amides is 1. The average Bonchev–Trinajstić information content (AvgIpc) is 2.73. The van der Waals surface area contributed by atoms with Crippen molar-refractivity contribution in [3.05, 3.63) is 66.2 Å². The Balaban J connectivity index is 1.49. The zero-order valence-electron chi connectivity index (χ0n) is 16.6. The number of benzene rings is 2. The molecule has 1 saturated heterocycles. The highest BCUT2D eigenvalue weighted by atomic mass is 32.2. The number of carbonyl (C=O) groups is 1. The van der Waals surface area contributed by atoms with E-state index in [1.807, 2.05) is 54.6 Å². The van der Waals surface area contributed by atoms with Gasteiger partial charge in [0.25, 0.3) is 0 Å². The molecular weight excluding hydrogens is 420 g/mol. The summed E-state index contributed by atoms with van der Waals surface area (Å²) in [5, 5.41) is 5.82.